The molecule has 3 aromatic carbocycles. The maximum absolute atomic E-state index is 13.8. The quantitative estimate of drug-likeness (QED) is 0.274. The Kier molecular flexibility index (Phi) is 8.75. The summed E-state index contributed by atoms with van der Waals surface area (Å²) in [5.74, 6) is 0.917. The first-order valence-electron chi connectivity index (χ1n) is 12.7. The number of amides is 1. The molecule has 192 valence electrons. The minimum absolute atomic E-state index is 0.0854. The molecule has 0 spiro atoms. The van der Waals surface area contributed by atoms with E-state index in [-0.39, 0.29) is 12.5 Å². The fraction of sp³-hybridized carbons (Fsp3) is 0.290. The molecule has 2 atom stereocenters. The number of ether oxygens (including phenoxy) is 2. The van der Waals surface area contributed by atoms with Crippen LogP contribution in [0.1, 0.15) is 41.2 Å². The van der Waals surface area contributed by atoms with Crippen LogP contribution < -0.4 is 10.1 Å². The molecule has 2 N–H and O–H groups in total. The van der Waals surface area contributed by atoms with Gasteiger partial charge in [0, 0.05) is 31.6 Å². The summed E-state index contributed by atoms with van der Waals surface area (Å²) < 4.78 is 12.0. The number of rotatable bonds is 12. The molecule has 0 saturated carbocycles. The van der Waals surface area contributed by atoms with Gasteiger partial charge in [-0.3, -0.25) is 4.79 Å². The van der Waals surface area contributed by atoms with Gasteiger partial charge in [-0.2, -0.15) is 0 Å². The van der Waals surface area contributed by atoms with E-state index in [1.807, 2.05) is 54.6 Å². The van der Waals surface area contributed by atoms with Crippen LogP contribution in [-0.2, 0) is 16.0 Å². The van der Waals surface area contributed by atoms with Gasteiger partial charge in [-0.05, 0) is 48.7 Å². The molecule has 0 unspecified atom stereocenters. The fourth-order valence-electron chi connectivity index (χ4n) is 4.39. The van der Waals surface area contributed by atoms with Crippen molar-refractivity contribution >= 4 is 11.8 Å². The third-order valence-corrected chi connectivity index (χ3v) is 6.41. The third kappa shape index (κ3) is 6.27. The second kappa shape index (κ2) is 12.4. The van der Waals surface area contributed by atoms with Crippen molar-refractivity contribution in [2.45, 2.75) is 37.8 Å². The molecule has 0 aliphatic carbocycles. The number of nitrogens with one attached hydrogen (secondary N) is 1. The van der Waals surface area contributed by atoms with Crippen molar-refractivity contribution in [1.82, 2.24) is 5.32 Å². The van der Waals surface area contributed by atoms with Crippen LogP contribution >= 0.6 is 0 Å². The molecule has 4 rings (SSSR count). The van der Waals surface area contributed by atoms with Crippen LogP contribution in [0.3, 0.4) is 0 Å². The highest BCUT2D eigenvalue weighted by molar-refractivity contribution is 6.01. The molecule has 3 aromatic rings. The molecular formula is C31H34N2O4. The smallest absolute Gasteiger partial charge is 0.252 e. The minimum Gasteiger partial charge on any atom is -0.494 e. The first-order chi connectivity index (χ1) is 18.1. The molecule has 37 heavy (non-hydrogen) atoms. The summed E-state index contributed by atoms with van der Waals surface area (Å²) in [6.07, 6.45) is 2.75. The van der Waals surface area contributed by atoms with Gasteiger partial charge in [0.1, 0.15) is 5.75 Å². The second-order valence-electron chi connectivity index (χ2n) is 9.18. The Labute approximate surface area is 218 Å². The summed E-state index contributed by atoms with van der Waals surface area (Å²) in [7, 11) is 0. The number of aliphatic hydroxyl groups excluding tert-OH is 1. The Hall–Kier alpha value is -3.90. The van der Waals surface area contributed by atoms with Gasteiger partial charge in [-0.25, -0.2) is 4.99 Å². The molecule has 1 aliphatic rings. The molecule has 1 aliphatic heterocycles. The molecule has 6 heteroatoms. The van der Waals surface area contributed by atoms with Crippen molar-refractivity contribution in [3.63, 3.8) is 0 Å². The maximum Gasteiger partial charge on any atom is 0.252 e. The number of aryl methyl sites for hydroxylation is 1. The van der Waals surface area contributed by atoms with Gasteiger partial charge >= 0.3 is 0 Å². The van der Waals surface area contributed by atoms with E-state index in [1.165, 1.54) is 5.56 Å². The number of carbonyl (C=O) groups is 1. The topological polar surface area (TPSA) is 80.2 Å². The summed E-state index contributed by atoms with van der Waals surface area (Å²) in [6, 6.07) is 25.5. The van der Waals surface area contributed by atoms with Crippen molar-refractivity contribution in [3.8, 4) is 5.75 Å². The van der Waals surface area contributed by atoms with E-state index in [0.717, 1.165) is 23.1 Å². The highest BCUT2D eigenvalue weighted by atomic mass is 16.5. The Morgan fingerprint density at radius 2 is 1.84 bits per heavy atom. The molecule has 0 saturated heterocycles. The molecule has 0 aromatic heterocycles. The molecule has 0 radical (unpaired) electrons. The van der Waals surface area contributed by atoms with E-state index in [0.29, 0.717) is 37.6 Å². The molecule has 0 fully saturated rings. The Bertz CT molecular complexity index is 1210. The molecule has 1 heterocycles. The Balaban J connectivity index is 1.59. The Morgan fingerprint density at radius 3 is 2.51 bits per heavy atom. The van der Waals surface area contributed by atoms with Crippen molar-refractivity contribution in [1.29, 1.82) is 0 Å². The average molecular weight is 499 g/mol. The molecular weight excluding hydrogens is 464 g/mol. The normalized spacial score (nSPS) is 18.5. The SMILES string of the molecule is C=CC[C@@]1(C(=O)NCCc2ccc(C)cc2)N=C(c2ccc(OCCCO)cc2)O[C@@H]1c1ccccc1. The van der Waals surface area contributed by atoms with E-state index in [4.69, 9.17) is 19.6 Å². The summed E-state index contributed by atoms with van der Waals surface area (Å²) in [5.41, 5.74) is 2.83. The van der Waals surface area contributed by atoms with Gasteiger partial charge in [0.2, 0.25) is 5.90 Å². The van der Waals surface area contributed by atoms with Crippen LogP contribution in [-0.4, -0.2) is 42.2 Å². The highest BCUT2D eigenvalue weighted by Crippen LogP contribution is 2.42. The first kappa shape index (κ1) is 26.2. The van der Waals surface area contributed by atoms with E-state index in [2.05, 4.69) is 43.1 Å². The maximum atomic E-state index is 13.8. The van der Waals surface area contributed by atoms with Crippen molar-refractivity contribution < 1.29 is 19.4 Å². The first-order valence-corrected chi connectivity index (χ1v) is 12.7. The Morgan fingerprint density at radius 1 is 1.11 bits per heavy atom. The number of nitrogens with zero attached hydrogens (tertiary/aromatic N) is 1. The number of aliphatic imine (C=N–C) groups is 1. The van der Waals surface area contributed by atoms with Crippen LogP contribution in [0.15, 0.2) is 96.5 Å². The third-order valence-electron chi connectivity index (χ3n) is 6.41. The average Bonchev–Trinajstić information content (AvgIpc) is 3.32. The van der Waals surface area contributed by atoms with E-state index in [1.54, 1.807) is 6.08 Å². The monoisotopic (exact) mass is 498 g/mol. The number of hydrogen-bond donors (Lipinski definition) is 2. The van der Waals surface area contributed by atoms with Crippen LogP contribution in [0, 0.1) is 6.92 Å². The minimum atomic E-state index is -1.18. The fourth-order valence-corrected chi connectivity index (χ4v) is 4.39. The second-order valence-corrected chi connectivity index (χ2v) is 9.18. The van der Waals surface area contributed by atoms with Gasteiger partial charge in [0.25, 0.3) is 5.91 Å². The highest BCUT2D eigenvalue weighted by Gasteiger charge is 2.52. The van der Waals surface area contributed by atoms with E-state index < -0.39 is 11.6 Å². The van der Waals surface area contributed by atoms with Gasteiger partial charge in [0.05, 0.1) is 6.61 Å². The predicted molar refractivity (Wildman–Crippen MR) is 146 cm³/mol. The van der Waals surface area contributed by atoms with Crippen LogP contribution in [0.2, 0.25) is 0 Å². The van der Waals surface area contributed by atoms with E-state index >= 15 is 0 Å². The van der Waals surface area contributed by atoms with Gasteiger partial charge in [-0.1, -0.05) is 66.2 Å². The summed E-state index contributed by atoms with van der Waals surface area (Å²) >= 11 is 0. The van der Waals surface area contributed by atoms with Crippen molar-refractivity contribution in [3.05, 3.63) is 114 Å². The molecule has 6 nitrogen and oxygen atoms in total. The van der Waals surface area contributed by atoms with Gasteiger partial charge < -0.3 is 19.9 Å². The lowest BCUT2D eigenvalue weighted by molar-refractivity contribution is -0.128. The lowest BCUT2D eigenvalue weighted by Gasteiger charge is -2.29. The summed E-state index contributed by atoms with van der Waals surface area (Å²) in [5, 5.41) is 12.1. The molecule has 0 bridgehead atoms. The van der Waals surface area contributed by atoms with Crippen molar-refractivity contribution in [2.24, 2.45) is 4.99 Å². The lowest BCUT2D eigenvalue weighted by atomic mass is 9.84. The lowest BCUT2D eigenvalue weighted by Crippen LogP contribution is -2.48. The zero-order valence-corrected chi connectivity index (χ0v) is 21.2. The van der Waals surface area contributed by atoms with Gasteiger partial charge in [-0.15, -0.1) is 6.58 Å². The number of carbonyl (C=O) groups excluding carboxylic acids is 1. The zero-order valence-electron chi connectivity index (χ0n) is 21.2. The number of benzene rings is 3. The molecule has 1 amide bonds. The zero-order chi connectivity index (χ0) is 26.1. The predicted octanol–water partition coefficient (Wildman–Crippen LogP) is 4.95. The number of hydrogen-bond acceptors (Lipinski definition) is 5. The van der Waals surface area contributed by atoms with Crippen molar-refractivity contribution in [2.75, 3.05) is 19.8 Å². The summed E-state index contributed by atoms with van der Waals surface area (Å²) in [6.45, 7) is 7.00. The van der Waals surface area contributed by atoms with E-state index in [9.17, 15) is 4.79 Å². The van der Waals surface area contributed by atoms with Crippen LogP contribution in [0.4, 0.5) is 0 Å². The number of aliphatic hydroxyl groups is 1. The summed E-state index contributed by atoms with van der Waals surface area (Å²) in [4.78, 5) is 18.7. The largest absolute Gasteiger partial charge is 0.494 e. The standard InChI is InChI=1S/C31H34N2O4/c1-3-19-31(30(35)32-20-18-24-12-10-23(2)11-13-24)28(25-8-5-4-6-9-25)37-29(33-31)26-14-16-27(17-15-26)36-22-7-21-34/h3-6,8-17,28,34H,1,7,18-22H2,2H3,(H,32,35)/t28-,31-/m1/s1. The van der Waals surface area contributed by atoms with Gasteiger partial charge in [0.15, 0.2) is 11.6 Å². The van der Waals surface area contributed by atoms with Crippen LogP contribution in [0.25, 0.3) is 0 Å². The van der Waals surface area contributed by atoms with Crippen LogP contribution in [0.5, 0.6) is 5.75 Å².